The lowest BCUT2D eigenvalue weighted by Gasteiger charge is -2.11. The van der Waals surface area contributed by atoms with Gasteiger partial charge in [0.2, 0.25) is 0 Å². The monoisotopic (exact) mass is 461 g/mol. The summed E-state index contributed by atoms with van der Waals surface area (Å²) in [6, 6.07) is 12.9. The van der Waals surface area contributed by atoms with Crippen molar-refractivity contribution in [3.8, 4) is 0 Å². The summed E-state index contributed by atoms with van der Waals surface area (Å²) in [6.45, 7) is 4.58. The molecule has 3 rings (SSSR count). The number of halogens is 1. The molecule has 0 aliphatic carbocycles. The molecule has 0 fully saturated rings. The summed E-state index contributed by atoms with van der Waals surface area (Å²) in [5, 5.41) is 8.35. The lowest BCUT2D eigenvalue weighted by atomic mass is 10.1. The minimum absolute atomic E-state index is 0.157. The molecular weight excluding hydrogens is 441 g/mol. The van der Waals surface area contributed by atoms with Crippen LogP contribution in [0, 0.1) is 10.5 Å². The van der Waals surface area contributed by atoms with Crippen molar-refractivity contribution in [2.75, 3.05) is 5.32 Å². The molecule has 0 atom stereocenters. The molecule has 0 bridgehead atoms. The predicted octanol–water partition coefficient (Wildman–Crippen LogP) is 4.36. The molecule has 6 heteroatoms. The van der Waals surface area contributed by atoms with E-state index in [0.717, 1.165) is 22.0 Å². The van der Waals surface area contributed by atoms with Crippen molar-refractivity contribution >= 4 is 45.0 Å². The molecule has 1 aromatic heterocycles. The molecule has 134 valence electrons. The van der Waals surface area contributed by atoms with E-state index in [0.29, 0.717) is 23.0 Å². The number of amides is 1. The van der Waals surface area contributed by atoms with Crippen LogP contribution in [0.3, 0.4) is 0 Å². The molecule has 0 radical (unpaired) electrons. The van der Waals surface area contributed by atoms with Crippen LogP contribution in [0.1, 0.15) is 35.8 Å². The normalized spacial score (nSPS) is 10.9. The first-order valence-corrected chi connectivity index (χ1v) is 9.66. The van der Waals surface area contributed by atoms with Gasteiger partial charge in [0.1, 0.15) is 0 Å². The molecule has 0 spiro atoms. The minimum Gasteiger partial charge on any atom is -0.321 e. The van der Waals surface area contributed by atoms with E-state index in [1.54, 1.807) is 18.2 Å². The van der Waals surface area contributed by atoms with E-state index >= 15 is 0 Å². The smallest absolute Gasteiger partial charge is 0.276 e. The lowest BCUT2D eigenvalue weighted by Crippen LogP contribution is -2.27. The van der Waals surface area contributed by atoms with Gasteiger partial charge in [0.05, 0.1) is 5.39 Å². The van der Waals surface area contributed by atoms with Gasteiger partial charge >= 0.3 is 0 Å². The highest BCUT2D eigenvalue weighted by atomic mass is 127. The molecule has 0 saturated heterocycles. The van der Waals surface area contributed by atoms with Gasteiger partial charge in [-0.2, -0.15) is 5.10 Å². The highest BCUT2D eigenvalue weighted by Gasteiger charge is 2.17. The molecule has 0 aliphatic heterocycles. The van der Waals surface area contributed by atoms with Crippen LogP contribution in [-0.2, 0) is 6.54 Å². The van der Waals surface area contributed by atoms with Gasteiger partial charge in [-0.1, -0.05) is 37.6 Å². The average molecular weight is 461 g/mol. The van der Waals surface area contributed by atoms with E-state index in [2.05, 4.69) is 39.9 Å². The Balaban J connectivity index is 2.04. The molecule has 2 aromatic carbocycles. The summed E-state index contributed by atoms with van der Waals surface area (Å²) in [7, 11) is 0. The molecule has 1 amide bonds. The summed E-state index contributed by atoms with van der Waals surface area (Å²) < 4.78 is 2.48. The third kappa shape index (κ3) is 3.80. The number of nitrogens with one attached hydrogen (secondary N) is 1. The summed E-state index contributed by atoms with van der Waals surface area (Å²) in [6.07, 6.45) is 1.78. The fraction of sp³-hybridized carbons (Fsp3) is 0.250. The van der Waals surface area contributed by atoms with E-state index in [4.69, 9.17) is 0 Å². The van der Waals surface area contributed by atoms with Crippen molar-refractivity contribution in [2.24, 2.45) is 0 Å². The fourth-order valence-electron chi connectivity index (χ4n) is 2.72. The quantitative estimate of drug-likeness (QED) is 0.575. The number of aryl methyl sites for hydroxylation is 2. The minimum atomic E-state index is -0.314. The standard InChI is InChI=1S/C20H20IN3O2/c1-3-4-11-24-20(26)16-8-6-5-7-15(16)18(23-24)19(25)22-14-10-9-13(2)17(21)12-14/h5-10,12H,3-4,11H2,1-2H3,(H,22,25). The van der Waals surface area contributed by atoms with Crippen molar-refractivity contribution < 1.29 is 4.79 Å². The Morgan fingerprint density at radius 1 is 1.19 bits per heavy atom. The molecule has 0 saturated carbocycles. The van der Waals surface area contributed by atoms with Crippen molar-refractivity contribution in [3.63, 3.8) is 0 Å². The average Bonchev–Trinajstić information content (AvgIpc) is 2.64. The maximum Gasteiger partial charge on any atom is 0.276 e. The van der Waals surface area contributed by atoms with E-state index in [-0.39, 0.29) is 17.2 Å². The van der Waals surface area contributed by atoms with Crippen LogP contribution >= 0.6 is 22.6 Å². The van der Waals surface area contributed by atoms with E-state index in [9.17, 15) is 9.59 Å². The highest BCUT2D eigenvalue weighted by molar-refractivity contribution is 14.1. The zero-order valence-electron chi connectivity index (χ0n) is 14.8. The number of fused-ring (bicyclic) bond motifs is 1. The van der Waals surface area contributed by atoms with Gasteiger partial charge < -0.3 is 5.32 Å². The van der Waals surface area contributed by atoms with Gasteiger partial charge in [-0.3, -0.25) is 9.59 Å². The highest BCUT2D eigenvalue weighted by Crippen LogP contribution is 2.19. The number of hydrogen-bond donors (Lipinski definition) is 1. The third-order valence-electron chi connectivity index (χ3n) is 4.24. The number of benzene rings is 2. The second-order valence-electron chi connectivity index (χ2n) is 6.19. The second kappa shape index (κ2) is 7.99. The molecule has 1 N–H and O–H groups in total. The van der Waals surface area contributed by atoms with Gasteiger partial charge in [-0.05, 0) is 59.7 Å². The summed E-state index contributed by atoms with van der Waals surface area (Å²) in [4.78, 5) is 25.5. The number of rotatable bonds is 5. The zero-order valence-corrected chi connectivity index (χ0v) is 16.9. The third-order valence-corrected chi connectivity index (χ3v) is 5.40. The topological polar surface area (TPSA) is 64.0 Å². The van der Waals surface area contributed by atoms with Gasteiger partial charge in [0, 0.05) is 21.2 Å². The number of aromatic nitrogens is 2. The molecule has 5 nitrogen and oxygen atoms in total. The SMILES string of the molecule is CCCCn1nc(C(=O)Nc2ccc(C)c(I)c2)c2ccccc2c1=O. The Morgan fingerprint density at radius 2 is 1.92 bits per heavy atom. The van der Waals surface area contributed by atoms with Gasteiger partial charge in [-0.15, -0.1) is 0 Å². The lowest BCUT2D eigenvalue weighted by molar-refractivity contribution is 0.102. The number of hydrogen-bond acceptors (Lipinski definition) is 3. The van der Waals surface area contributed by atoms with Crippen molar-refractivity contribution in [2.45, 2.75) is 33.2 Å². The number of carbonyl (C=O) groups excluding carboxylic acids is 1. The van der Waals surface area contributed by atoms with Gasteiger partial charge in [-0.25, -0.2) is 4.68 Å². The molecule has 1 heterocycles. The van der Waals surface area contributed by atoms with Gasteiger partial charge in [0.25, 0.3) is 11.5 Å². The second-order valence-corrected chi connectivity index (χ2v) is 7.36. The maximum absolute atomic E-state index is 12.9. The van der Waals surface area contributed by atoms with Crippen molar-refractivity contribution in [1.29, 1.82) is 0 Å². The number of nitrogens with zero attached hydrogens (tertiary/aromatic N) is 2. The molecular formula is C20H20IN3O2. The van der Waals surface area contributed by atoms with Gasteiger partial charge in [0.15, 0.2) is 5.69 Å². The zero-order chi connectivity index (χ0) is 18.7. The van der Waals surface area contributed by atoms with Crippen LogP contribution in [0.25, 0.3) is 10.8 Å². The van der Waals surface area contributed by atoms with Crippen LogP contribution in [0.15, 0.2) is 47.3 Å². The Morgan fingerprint density at radius 3 is 2.62 bits per heavy atom. The van der Waals surface area contributed by atoms with Crippen molar-refractivity contribution in [3.05, 3.63) is 67.6 Å². The van der Waals surface area contributed by atoms with E-state index in [1.807, 2.05) is 31.2 Å². The Bertz CT molecular complexity index is 1030. The van der Waals surface area contributed by atoms with Crippen LogP contribution in [0.4, 0.5) is 5.69 Å². The molecule has 3 aromatic rings. The Kier molecular flexibility index (Phi) is 5.70. The number of carbonyl (C=O) groups is 1. The van der Waals surface area contributed by atoms with E-state index < -0.39 is 0 Å². The van der Waals surface area contributed by atoms with Crippen LogP contribution in [0.2, 0.25) is 0 Å². The molecule has 0 unspecified atom stereocenters. The maximum atomic E-state index is 12.9. The summed E-state index contributed by atoms with van der Waals surface area (Å²) >= 11 is 2.24. The Labute approximate surface area is 165 Å². The fourth-order valence-corrected chi connectivity index (χ4v) is 3.24. The van der Waals surface area contributed by atoms with Crippen LogP contribution < -0.4 is 10.9 Å². The largest absolute Gasteiger partial charge is 0.321 e. The number of unbranched alkanes of at least 4 members (excludes halogenated alkanes) is 1. The van der Waals surface area contributed by atoms with Crippen LogP contribution in [0.5, 0.6) is 0 Å². The Hall–Kier alpha value is -2.22. The van der Waals surface area contributed by atoms with Crippen molar-refractivity contribution in [1.82, 2.24) is 9.78 Å². The molecule has 26 heavy (non-hydrogen) atoms. The first-order chi connectivity index (χ1) is 12.5. The van der Waals surface area contributed by atoms with Crippen LogP contribution in [-0.4, -0.2) is 15.7 Å². The van der Waals surface area contributed by atoms with E-state index in [1.165, 1.54) is 4.68 Å². The summed E-state index contributed by atoms with van der Waals surface area (Å²) in [5.74, 6) is -0.314. The summed E-state index contributed by atoms with van der Waals surface area (Å²) in [5.41, 5.74) is 1.98. The number of anilines is 1. The molecule has 0 aliphatic rings. The first kappa shape index (κ1) is 18.6. The first-order valence-electron chi connectivity index (χ1n) is 8.58. The predicted molar refractivity (Wildman–Crippen MR) is 113 cm³/mol.